The lowest BCUT2D eigenvalue weighted by Gasteiger charge is -2.07. The van der Waals surface area contributed by atoms with Gasteiger partial charge in [0.1, 0.15) is 0 Å². The van der Waals surface area contributed by atoms with E-state index >= 15 is 0 Å². The third-order valence-electron chi connectivity index (χ3n) is 1.80. The Morgan fingerprint density at radius 3 is 2.85 bits per heavy atom. The van der Waals surface area contributed by atoms with Gasteiger partial charge < -0.3 is 0 Å². The van der Waals surface area contributed by atoms with Crippen molar-refractivity contribution in [3.05, 3.63) is 29.1 Å². The molecule has 0 unspecified atom stereocenters. The molecule has 0 fully saturated rings. The topological polar surface area (TPSA) is 36.7 Å². The SMILES string of the molecule is Cc1nccc(C(F)F)c1CC#N. The fourth-order valence-corrected chi connectivity index (χ4v) is 1.13. The smallest absolute Gasteiger partial charge is 0.261 e. The largest absolute Gasteiger partial charge is 0.264 e. The van der Waals surface area contributed by atoms with Crippen LogP contribution < -0.4 is 0 Å². The summed E-state index contributed by atoms with van der Waals surface area (Å²) in [5, 5.41) is 8.43. The molecule has 68 valence electrons. The fourth-order valence-electron chi connectivity index (χ4n) is 1.13. The van der Waals surface area contributed by atoms with Gasteiger partial charge in [-0.3, -0.25) is 4.98 Å². The van der Waals surface area contributed by atoms with Crippen LogP contribution in [0.15, 0.2) is 12.3 Å². The quantitative estimate of drug-likeness (QED) is 0.704. The molecule has 0 aliphatic carbocycles. The van der Waals surface area contributed by atoms with E-state index in [2.05, 4.69) is 4.98 Å². The van der Waals surface area contributed by atoms with Gasteiger partial charge in [0.05, 0.1) is 12.5 Å². The van der Waals surface area contributed by atoms with Crippen molar-refractivity contribution in [2.45, 2.75) is 19.8 Å². The summed E-state index contributed by atoms with van der Waals surface area (Å²) in [6.45, 7) is 1.62. The predicted molar refractivity (Wildman–Crippen MR) is 43.2 cm³/mol. The molecular formula is C9H8F2N2. The van der Waals surface area contributed by atoms with Crippen LogP contribution in [-0.2, 0) is 6.42 Å². The van der Waals surface area contributed by atoms with Crippen LogP contribution >= 0.6 is 0 Å². The minimum atomic E-state index is -2.54. The van der Waals surface area contributed by atoms with Crippen LogP contribution in [0.4, 0.5) is 8.78 Å². The molecule has 1 rings (SSSR count). The summed E-state index contributed by atoms with van der Waals surface area (Å²) in [6.07, 6.45) is -1.22. The number of hydrogen-bond acceptors (Lipinski definition) is 2. The van der Waals surface area contributed by atoms with Crippen LogP contribution in [0, 0.1) is 18.3 Å². The van der Waals surface area contributed by atoms with Gasteiger partial charge in [0.15, 0.2) is 0 Å². The summed E-state index contributed by atoms with van der Waals surface area (Å²) in [7, 11) is 0. The molecule has 0 radical (unpaired) electrons. The van der Waals surface area contributed by atoms with Crippen molar-refractivity contribution in [2.75, 3.05) is 0 Å². The Balaban J connectivity index is 3.19. The van der Waals surface area contributed by atoms with Crippen LogP contribution in [-0.4, -0.2) is 4.98 Å². The van der Waals surface area contributed by atoms with E-state index < -0.39 is 6.43 Å². The molecule has 1 heterocycles. The Kier molecular flexibility index (Phi) is 2.91. The molecule has 1 aromatic rings. The number of rotatable bonds is 2. The van der Waals surface area contributed by atoms with Crippen molar-refractivity contribution < 1.29 is 8.78 Å². The van der Waals surface area contributed by atoms with Crippen molar-refractivity contribution in [3.63, 3.8) is 0 Å². The van der Waals surface area contributed by atoms with Gasteiger partial charge in [-0.2, -0.15) is 5.26 Å². The standard InChI is InChI=1S/C9H8F2N2/c1-6-7(2-4-12)8(9(10)11)3-5-13-6/h3,5,9H,2H2,1H3. The highest BCUT2D eigenvalue weighted by Gasteiger charge is 2.14. The van der Waals surface area contributed by atoms with Crippen LogP contribution in [0.25, 0.3) is 0 Å². The number of alkyl halides is 2. The number of nitriles is 1. The Morgan fingerprint density at radius 1 is 1.62 bits per heavy atom. The molecule has 0 saturated carbocycles. The summed E-state index contributed by atoms with van der Waals surface area (Å²) in [5.74, 6) is 0. The first-order chi connectivity index (χ1) is 6.16. The Labute approximate surface area is 74.8 Å². The van der Waals surface area contributed by atoms with Gasteiger partial charge in [-0.25, -0.2) is 8.78 Å². The van der Waals surface area contributed by atoms with Crippen molar-refractivity contribution in [3.8, 4) is 6.07 Å². The van der Waals surface area contributed by atoms with Gasteiger partial charge in [0, 0.05) is 17.5 Å². The van der Waals surface area contributed by atoms with E-state index in [0.717, 1.165) is 0 Å². The Bertz CT molecular complexity index is 342. The lowest BCUT2D eigenvalue weighted by atomic mass is 10.1. The minimum Gasteiger partial charge on any atom is -0.261 e. The number of aromatic nitrogens is 1. The van der Waals surface area contributed by atoms with E-state index in [1.54, 1.807) is 6.92 Å². The van der Waals surface area contributed by atoms with Crippen LogP contribution in [0.2, 0.25) is 0 Å². The third-order valence-corrected chi connectivity index (χ3v) is 1.80. The molecule has 0 spiro atoms. The number of hydrogen-bond donors (Lipinski definition) is 0. The summed E-state index contributed by atoms with van der Waals surface area (Å²) in [4.78, 5) is 3.86. The second-order valence-corrected chi connectivity index (χ2v) is 2.60. The highest BCUT2D eigenvalue weighted by molar-refractivity contribution is 5.32. The summed E-state index contributed by atoms with van der Waals surface area (Å²) in [5.41, 5.74) is 0.758. The first-order valence-corrected chi connectivity index (χ1v) is 3.76. The average molecular weight is 182 g/mol. The van der Waals surface area contributed by atoms with E-state index in [0.29, 0.717) is 11.3 Å². The maximum absolute atomic E-state index is 12.4. The number of aryl methyl sites for hydroxylation is 1. The molecular weight excluding hydrogens is 174 g/mol. The first-order valence-electron chi connectivity index (χ1n) is 3.76. The van der Waals surface area contributed by atoms with Crippen molar-refractivity contribution >= 4 is 0 Å². The maximum Gasteiger partial charge on any atom is 0.264 e. The third kappa shape index (κ3) is 2.00. The molecule has 0 N–H and O–H groups in total. The maximum atomic E-state index is 12.4. The monoisotopic (exact) mass is 182 g/mol. The lowest BCUT2D eigenvalue weighted by molar-refractivity contribution is 0.150. The molecule has 0 aromatic carbocycles. The highest BCUT2D eigenvalue weighted by Crippen LogP contribution is 2.24. The van der Waals surface area contributed by atoms with E-state index in [-0.39, 0.29) is 12.0 Å². The van der Waals surface area contributed by atoms with Crippen LogP contribution in [0.1, 0.15) is 23.2 Å². The van der Waals surface area contributed by atoms with Gasteiger partial charge in [-0.1, -0.05) is 0 Å². The van der Waals surface area contributed by atoms with Gasteiger partial charge in [0.2, 0.25) is 0 Å². The number of pyridine rings is 1. The second kappa shape index (κ2) is 3.94. The van der Waals surface area contributed by atoms with Gasteiger partial charge >= 0.3 is 0 Å². The zero-order chi connectivity index (χ0) is 9.84. The zero-order valence-corrected chi connectivity index (χ0v) is 7.09. The summed E-state index contributed by atoms with van der Waals surface area (Å²) in [6, 6.07) is 3.10. The zero-order valence-electron chi connectivity index (χ0n) is 7.09. The van der Waals surface area contributed by atoms with E-state index in [1.165, 1.54) is 12.3 Å². The molecule has 13 heavy (non-hydrogen) atoms. The molecule has 2 nitrogen and oxygen atoms in total. The lowest BCUT2D eigenvalue weighted by Crippen LogP contribution is -1.99. The fraction of sp³-hybridized carbons (Fsp3) is 0.333. The average Bonchev–Trinajstić information content (AvgIpc) is 2.08. The molecule has 0 amide bonds. The second-order valence-electron chi connectivity index (χ2n) is 2.60. The molecule has 1 aromatic heterocycles. The molecule has 0 atom stereocenters. The van der Waals surface area contributed by atoms with Gasteiger partial charge in [-0.15, -0.1) is 0 Å². The van der Waals surface area contributed by atoms with E-state index in [4.69, 9.17) is 5.26 Å². The van der Waals surface area contributed by atoms with Crippen molar-refractivity contribution in [2.24, 2.45) is 0 Å². The van der Waals surface area contributed by atoms with Crippen LogP contribution in [0.3, 0.4) is 0 Å². The summed E-state index contributed by atoms with van der Waals surface area (Å²) >= 11 is 0. The first kappa shape index (κ1) is 9.59. The van der Waals surface area contributed by atoms with Crippen molar-refractivity contribution in [1.29, 1.82) is 5.26 Å². The highest BCUT2D eigenvalue weighted by atomic mass is 19.3. The summed E-state index contributed by atoms with van der Waals surface area (Å²) < 4.78 is 24.8. The van der Waals surface area contributed by atoms with E-state index in [9.17, 15) is 8.78 Å². The number of halogens is 2. The molecule has 4 heteroatoms. The molecule has 0 aliphatic heterocycles. The van der Waals surface area contributed by atoms with Gasteiger partial charge in [-0.05, 0) is 18.6 Å². The Hall–Kier alpha value is -1.50. The normalized spacial score (nSPS) is 10.1. The Morgan fingerprint density at radius 2 is 2.31 bits per heavy atom. The van der Waals surface area contributed by atoms with E-state index in [1.807, 2.05) is 6.07 Å². The predicted octanol–water partition coefficient (Wildman–Crippen LogP) is 2.39. The van der Waals surface area contributed by atoms with Crippen molar-refractivity contribution in [1.82, 2.24) is 4.98 Å². The minimum absolute atomic E-state index is 0.0145. The number of nitrogens with zero attached hydrogens (tertiary/aromatic N) is 2. The van der Waals surface area contributed by atoms with Crippen LogP contribution in [0.5, 0.6) is 0 Å². The van der Waals surface area contributed by atoms with Gasteiger partial charge in [0.25, 0.3) is 6.43 Å². The molecule has 0 saturated heterocycles. The molecule has 0 bridgehead atoms. The molecule has 0 aliphatic rings.